The Bertz CT molecular complexity index is 1090. The summed E-state index contributed by atoms with van der Waals surface area (Å²) in [7, 11) is 3.11. The lowest BCUT2D eigenvalue weighted by Crippen LogP contribution is -2.36. The van der Waals surface area contributed by atoms with Crippen molar-refractivity contribution in [3.63, 3.8) is 0 Å². The second-order valence-corrected chi connectivity index (χ2v) is 7.75. The van der Waals surface area contributed by atoms with Crippen LogP contribution in [0.25, 0.3) is 5.95 Å². The Hall–Kier alpha value is -3.54. The van der Waals surface area contributed by atoms with Crippen LogP contribution in [0.2, 0.25) is 0 Å². The van der Waals surface area contributed by atoms with Crippen LogP contribution < -0.4 is 15.9 Å². The highest BCUT2D eigenvalue weighted by atomic mass is 32.2. The summed E-state index contributed by atoms with van der Waals surface area (Å²) in [5.74, 6) is 6.54. The first-order chi connectivity index (χ1) is 14.8. The third-order valence-corrected chi connectivity index (χ3v) is 5.26. The molecule has 0 aliphatic carbocycles. The number of likely N-dealkylation sites (N-methyl/N-ethyl adjacent to an activating group) is 1. The molecule has 0 radical (unpaired) electrons. The molecule has 3 N–H and O–H groups in total. The molecule has 0 fully saturated rings. The van der Waals surface area contributed by atoms with Crippen molar-refractivity contribution >= 4 is 29.3 Å². The first kappa shape index (κ1) is 22.2. The van der Waals surface area contributed by atoms with E-state index in [0.717, 1.165) is 23.1 Å². The maximum atomic E-state index is 12.4. The minimum Gasteiger partial charge on any atom is -0.497 e. The number of anilines is 1. The third-order valence-electron chi connectivity index (χ3n) is 4.33. The highest BCUT2D eigenvalue weighted by molar-refractivity contribution is 7.99. The Labute approximate surface area is 183 Å². The van der Waals surface area contributed by atoms with Gasteiger partial charge in [0.05, 0.1) is 25.1 Å². The smallest absolute Gasteiger partial charge is 0.271 e. The SMILES string of the molecule is COc1cccc(NC(=O)CN(C)C(=O)CSc2nnc(-n3nc(C)cc3C)n2N)c1. The maximum Gasteiger partial charge on any atom is 0.271 e. The molecule has 31 heavy (non-hydrogen) atoms. The molecule has 0 saturated carbocycles. The molecule has 0 atom stereocenters. The minimum absolute atomic E-state index is 0.0510. The van der Waals surface area contributed by atoms with Crippen LogP contribution in [0.3, 0.4) is 0 Å². The molecule has 12 heteroatoms. The molecule has 0 unspecified atom stereocenters. The average Bonchev–Trinajstić information content (AvgIpc) is 3.26. The largest absolute Gasteiger partial charge is 0.497 e. The van der Waals surface area contributed by atoms with Crippen molar-refractivity contribution in [2.75, 3.05) is 37.6 Å². The second kappa shape index (κ2) is 9.51. The fourth-order valence-electron chi connectivity index (χ4n) is 2.79. The van der Waals surface area contributed by atoms with Crippen LogP contribution in [0.15, 0.2) is 35.5 Å². The van der Waals surface area contributed by atoms with Gasteiger partial charge in [-0.3, -0.25) is 9.59 Å². The van der Waals surface area contributed by atoms with Gasteiger partial charge in [-0.1, -0.05) is 17.8 Å². The summed E-state index contributed by atoms with van der Waals surface area (Å²) in [5, 5.41) is 15.5. The number of nitrogens with two attached hydrogens (primary N) is 1. The summed E-state index contributed by atoms with van der Waals surface area (Å²) >= 11 is 1.13. The number of rotatable bonds is 8. The summed E-state index contributed by atoms with van der Waals surface area (Å²) in [4.78, 5) is 26.0. The number of aromatic nitrogens is 5. The van der Waals surface area contributed by atoms with Gasteiger partial charge >= 0.3 is 0 Å². The lowest BCUT2D eigenvalue weighted by Gasteiger charge is -2.16. The van der Waals surface area contributed by atoms with Crippen LogP contribution >= 0.6 is 11.8 Å². The molecule has 3 rings (SSSR count). The zero-order valence-corrected chi connectivity index (χ0v) is 18.5. The summed E-state index contributed by atoms with van der Waals surface area (Å²) in [6.07, 6.45) is 0. The Morgan fingerprint density at radius 3 is 2.71 bits per heavy atom. The number of amides is 2. The van der Waals surface area contributed by atoms with Crippen molar-refractivity contribution in [1.82, 2.24) is 29.6 Å². The highest BCUT2D eigenvalue weighted by Crippen LogP contribution is 2.18. The molecule has 2 amide bonds. The molecule has 3 aromatic rings. The number of aryl methyl sites for hydroxylation is 2. The Balaban J connectivity index is 1.54. The summed E-state index contributed by atoms with van der Waals surface area (Å²) in [5.41, 5.74) is 2.29. The van der Waals surface area contributed by atoms with E-state index in [-0.39, 0.29) is 24.1 Å². The molecular formula is C19H24N8O3S. The Kier molecular flexibility index (Phi) is 6.80. The zero-order valence-electron chi connectivity index (χ0n) is 17.7. The van der Waals surface area contributed by atoms with Gasteiger partial charge in [0.2, 0.25) is 17.0 Å². The number of carbonyl (C=O) groups excluding carboxylic acids is 2. The third kappa shape index (κ3) is 5.34. The average molecular weight is 445 g/mol. The van der Waals surface area contributed by atoms with Crippen molar-refractivity contribution in [1.29, 1.82) is 0 Å². The molecule has 0 aliphatic heterocycles. The predicted octanol–water partition coefficient (Wildman–Crippen LogP) is 0.992. The van der Waals surface area contributed by atoms with Crippen molar-refractivity contribution in [2.24, 2.45) is 0 Å². The predicted molar refractivity (Wildman–Crippen MR) is 117 cm³/mol. The van der Waals surface area contributed by atoms with Crippen LogP contribution in [0.1, 0.15) is 11.4 Å². The van der Waals surface area contributed by atoms with Gasteiger partial charge in [-0.05, 0) is 32.0 Å². The maximum absolute atomic E-state index is 12.4. The number of nitrogens with zero attached hydrogens (tertiary/aromatic N) is 6. The molecule has 11 nitrogen and oxygen atoms in total. The molecule has 164 valence electrons. The number of nitrogen functional groups attached to an aromatic ring is 1. The fraction of sp³-hybridized carbons (Fsp3) is 0.316. The molecule has 2 aromatic heterocycles. The molecule has 0 spiro atoms. The van der Waals surface area contributed by atoms with Crippen LogP contribution in [-0.4, -0.2) is 67.8 Å². The van der Waals surface area contributed by atoms with E-state index < -0.39 is 0 Å². The van der Waals surface area contributed by atoms with Gasteiger partial charge in [0.15, 0.2) is 0 Å². The monoisotopic (exact) mass is 444 g/mol. The molecule has 0 aliphatic rings. The standard InChI is InChI=1S/C19H24N8O3S/c1-12-8-13(2)27(24-12)18-22-23-19(26(18)20)31-11-17(29)25(3)10-16(28)21-14-6-5-7-15(9-14)30-4/h5-9H,10-11,20H2,1-4H3,(H,21,28). The lowest BCUT2D eigenvalue weighted by atomic mass is 10.3. The van der Waals surface area contributed by atoms with Crippen molar-refractivity contribution in [2.45, 2.75) is 19.0 Å². The van der Waals surface area contributed by atoms with E-state index >= 15 is 0 Å². The first-order valence-electron chi connectivity index (χ1n) is 9.33. The summed E-state index contributed by atoms with van der Waals surface area (Å²) in [6, 6.07) is 8.88. The van der Waals surface area contributed by atoms with Crippen LogP contribution in [-0.2, 0) is 9.59 Å². The molecular weight excluding hydrogens is 420 g/mol. The van der Waals surface area contributed by atoms with E-state index in [0.29, 0.717) is 22.5 Å². The fourth-order valence-corrected chi connectivity index (χ4v) is 3.58. The number of ether oxygens (including phenoxy) is 1. The van der Waals surface area contributed by atoms with Gasteiger partial charge in [0.25, 0.3) is 5.95 Å². The van der Waals surface area contributed by atoms with Crippen molar-refractivity contribution < 1.29 is 14.3 Å². The van der Waals surface area contributed by atoms with E-state index in [9.17, 15) is 9.59 Å². The highest BCUT2D eigenvalue weighted by Gasteiger charge is 2.18. The van der Waals surface area contributed by atoms with E-state index in [2.05, 4.69) is 20.6 Å². The quantitative estimate of drug-likeness (QED) is 0.388. The Morgan fingerprint density at radius 1 is 1.26 bits per heavy atom. The van der Waals surface area contributed by atoms with Gasteiger partial charge in [0, 0.05) is 24.5 Å². The van der Waals surface area contributed by atoms with Gasteiger partial charge in [-0.2, -0.15) is 5.10 Å². The van der Waals surface area contributed by atoms with Crippen LogP contribution in [0, 0.1) is 13.8 Å². The normalized spacial score (nSPS) is 10.7. The van der Waals surface area contributed by atoms with Gasteiger partial charge in [0.1, 0.15) is 5.75 Å². The second-order valence-electron chi connectivity index (χ2n) is 6.81. The van der Waals surface area contributed by atoms with Gasteiger partial charge in [-0.15, -0.1) is 10.2 Å². The molecule has 0 saturated heterocycles. The number of nitrogens with one attached hydrogen (secondary N) is 1. The lowest BCUT2D eigenvalue weighted by molar-refractivity contribution is -0.131. The number of thioether (sulfide) groups is 1. The summed E-state index contributed by atoms with van der Waals surface area (Å²) in [6.45, 7) is 3.66. The molecule has 2 heterocycles. The van der Waals surface area contributed by atoms with Gasteiger partial charge in [-0.25, -0.2) is 9.36 Å². The topological polar surface area (TPSA) is 133 Å². The number of methoxy groups -OCH3 is 1. The number of benzene rings is 1. The number of hydrogen-bond acceptors (Lipinski definition) is 8. The van der Waals surface area contributed by atoms with E-state index in [4.69, 9.17) is 10.6 Å². The number of hydrogen-bond donors (Lipinski definition) is 2. The van der Waals surface area contributed by atoms with Crippen molar-refractivity contribution in [3.05, 3.63) is 41.7 Å². The first-order valence-corrected chi connectivity index (χ1v) is 10.3. The number of carbonyl (C=O) groups is 2. The van der Waals surface area contributed by atoms with E-state index in [1.54, 1.807) is 43.1 Å². The molecule has 1 aromatic carbocycles. The minimum atomic E-state index is -0.317. The van der Waals surface area contributed by atoms with E-state index in [1.807, 2.05) is 19.9 Å². The summed E-state index contributed by atoms with van der Waals surface area (Å²) < 4.78 is 8.00. The van der Waals surface area contributed by atoms with Crippen molar-refractivity contribution in [3.8, 4) is 11.7 Å². The molecule has 0 bridgehead atoms. The van der Waals surface area contributed by atoms with Crippen LogP contribution in [0.5, 0.6) is 5.75 Å². The van der Waals surface area contributed by atoms with Crippen LogP contribution in [0.4, 0.5) is 5.69 Å². The van der Waals surface area contributed by atoms with E-state index in [1.165, 1.54) is 9.58 Å². The van der Waals surface area contributed by atoms with Gasteiger partial charge < -0.3 is 20.8 Å². The Morgan fingerprint density at radius 2 is 2.03 bits per heavy atom. The zero-order chi connectivity index (χ0) is 22.5.